The topological polar surface area (TPSA) is 57.7 Å². The lowest BCUT2D eigenvalue weighted by molar-refractivity contribution is 0.0698. The van der Waals surface area contributed by atoms with Crippen molar-refractivity contribution in [2.45, 2.75) is 12.8 Å². The van der Waals surface area contributed by atoms with Crippen LogP contribution in [0, 0.1) is 5.82 Å². The molecule has 1 heterocycles. The highest BCUT2D eigenvalue weighted by molar-refractivity contribution is 7.89. The van der Waals surface area contributed by atoms with Crippen LogP contribution < -0.4 is 0 Å². The normalized spacial score (nSPS) is 15.7. The second kappa shape index (κ2) is 8.63. The molecule has 7 heteroatoms. The van der Waals surface area contributed by atoms with Gasteiger partial charge in [0.05, 0.1) is 5.75 Å². The van der Waals surface area contributed by atoms with Crippen molar-refractivity contribution in [2.75, 3.05) is 31.9 Å². The molecule has 0 atom stereocenters. The Morgan fingerprint density at radius 2 is 1.56 bits per heavy atom. The molecule has 2 aromatic rings. The molecule has 3 rings (SSSR count). The van der Waals surface area contributed by atoms with Crippen molar-refractivity contribution >= 4 is 15.9 Å². The number of aryl methyl sites for hydroxylation is 1. The van der Waals surface area contributed by atoms with E-state index < -0.39 is 15.8 Å². The molecule has 1 amide bonds. The van der Waals surface area contributed by atoms with Gasteiger partial charge >= 0.3 is 0 Å². The fraction of sp³-hybridized carbons (Fsp3) is 0.350. The van der Waals surface area contributed by atoms with Crippen molar-refractivity contribution in [3.63, 3.8) is 0 Å². The zero-order valence-electron chi connectivity index (χ0n) is 15.1. The van der Waals surface area contributed by atoms with Crippen LogP contribution in [0.4, 0.5) is 4.39 Å². The van der Waals surface area contributed by atoms with Crippen LogP contribution in [-0.4, -0.2) is 55.5 Å². The van der Waals surface area contributed by atoms with E-state index in [1.165, 1.54) is 28.6 Å². The van der Waals surface area contributed by atoms with Crippen molar-refractivity contribution in [3.05, 3.63) is 71.5 Å². The van der Waals surface area contributed by atoms with Crippen LogP contribution in [0.3, 0.4) is 0 Å². The summed E-state index contributed by atoms with van der Waals surface area (Å²) in [6, 6.07) is 15.2. The van der Waals surface area contributed by atoms with Gasteiger partial charge in [-0.1, -0.05) is 30.3 Å². The first-order chi connectivity index (χ1) is 13.0. The average molecular weight is 390 g/mol. The Hall–Kier alpha value is -2.25. The zero-order valence-corrected chi connectivity index (χ0v) is 15.9. The van der Waals surface area contributed by atoms with E-state index in [1.54, 1.807) is 4.90 Å². The maximum absolute atomic E-state index is 13.0. The quantitative estimate of drug-likeness (QED) is 0.762. The van der Waals surface area contributed by atoms with Crippen molar-refractivity contribution in [3.8, 4) is 0 Å². The lowest BCUT2D eigenvalue weighted by Crippen LogP contribution is -2.51. The molecule has 1 fully saturated rings. The number of nitrogens with zero attached hydrogens (tertiary/aromatic N) is 2. The first-order valence-electron chi connectivity index (χ1n) is 9.02. The van der Waals surface area contributed by atoms with E-state index in [0.717, 1.165) is 12.0 Å². The summed E-state index contributed by atoms with van der Waals surface area (Å²) < 4.78 is 39.5. The summed E-state index contributed by atoms with van der Waals surface area (Å²) in [5.41, 5.74) is 1.54. The Kier molecular flexibility index (Phi) is 6.23. The van der Waals surface area contributed by atoms with E-state index in [1.807, 2.05) is 30.3 Å². The van der Waals surface area contributed by atoms with Gasteiger partial charge in [-0.2, -0.15) is 4.31 Å². The second-order valence-electron chi connectivity index (χ2n) is 6.60. The third-order valence-corrected chi connectivity index (χ3v) is 6.68. The number of amides is 1. The number of rotatable bonds is 6. The van der Waals surface area contributed by atoms with Crippen molar-refractivity contribution in [1.82, 2.24) is 9.21 Å². The number of carbonyl (C=O) groups is 1. The Morgan fingerprint density at radius 3 is 2.19 bits per heavy atom. The molecule has 0 radical (unpaired) electrons. The summed E-state index contributed by atoms with van der Waals surface area (Å²) >= 11 is 0. The summed E-state index contributed by atoms with van der Waals surface area (Å²) in [4.78, 5) is 14.0. The third kappa shape index (κ3) is 5.14. The number of hydrogen-bond acceptors (Lipinski definition) is 3. The number of benzene rings is 2. The molecule has 0 aliphatic carbocycles. The minimum absolute atomic E-state index is 0.105. The Balaban J connectivity index is 1.50. The summed E-state index contributed by atoms with van der Waals surface area (Å²) in [5, 5.41) is 0. The number of hydrogen-bond donors (Lipinski definition) is 0. The highest BCUT2D eigenvalue weighted by atomic mass is 32.2. The Labute approximate surface area is 159 Å². The van der Waals surface area contributed by atoms with Crippen LogP contribution in [0.2, 0.25) is 0 Å². The minimum atomic E-state index is -3.33. The fourth-order valence-electron chi connectivity index (χ4n) is 3.18. The maximum Gasteiger partial charge on any atom is 0.253 e. The molecule has 0 N–H and O–H groups in total. The Bertz CT molecular complexity index is 862. The van der Waals surface area contributed by atoms with Gasteiger partial charge in [-0.15, -0.1) is 0 Å². The molecule has 1 aliphatic rings. The molecule has 5 nitrogen and oxygen atoms in total. The number of carbonyl (C=O) groups excluding carboxylic acids is 1. The fourth-order valence-corrected chi connectivity index (χ4v) is 4.66. The average Bonchev–Trinajstić information content (AvgIpc) is 2.69. The number of piperazine rings is 1. The first kappa shape index (κ1) is 19.5. The second-order valence-corrected chi connectivity index (χ2v) is 8.69. The summed E-state index contributed by atoms with van der Waals surface area (Å²) in [5.74, 6) is -0.484. The van der Waals surface area contributed by atoms with Gasteiger partial charge in [0.15, 0.2) is 0 Å². The van der Waals surface area contributed by atoms with Gasteiger partial charge in [0, 0.05) is 31.7 Å². The van der Waals surface area contributed by atoms with Crippen LogP contribution in [-0.2, 0) is 16.4 Å². The van der Waals surface area contributed by atoms with E-state index in [9.17, 15) is 17.6 Å². The Morgan fingerprint density at radius 1 is 0.926 bits per heavy atom. The molecule has 0 saturated carbocycles. The van der Waals surface area contributed by atoms with Gasteiger partial charge in [-0.3, -0.25) is 4.79 Å². The molecule has 0 bridgehead atoms. The largest absolute Gasteiger partial charge is 0.336 e. The van der Waals surface area contributed by atoms with E-state index in [4.69, 9.17) is 0 Å². The molecule has 27 heavy (non-hydrogen) atoms. The summed E-state index contributed by atoms with van der Waals surface area (Å²) in [6.45, 7) is 1.27. The SMILES string of the molecule is O=C(c1ccc(F)cc1)N1CCN(S(=O)(=O)CCCc2ccccc2)CC1. The van der Waals surface area contributed by atoms with Gasteiger partial charge < -0.3 is 4.90 Å². The molecule has 0 spiro atoms. The molecule has 0 unspecified atom stereocenters. The van der Waals surface area contributed by atoms with Crippen molar-refractivity contribution in [1.29, 1.82) is 0 Å². The van der Waals surface area contributed by atoms with Gasteiger partial charge in [-0.25, -0.2) is 12.8 Å². The van der Waals surface area contributed by atoms with Crippen LogP contribution in [0.1, 0.15) is 22.3 Å². The maximum atomic E-state index is 13.0. The predicted molar refractivity (Wildman–Crippen MR) is 102 cm³/mol. The molecule has 2 aromatic carbocycles. The molecular formula is C20H23FN2O3S. The smallest absolute Gasteiger partial charge is 0.253 e. The van der Waals surface area contributed by atoms with E-state index >= 15 is 0 Å². The first-order valence-corrected chi connectivity index (χ1v) is 10.6. The zero-order chi connectivity index (χ0) is 19.3. The van der Waals surface area contributed by atoms with Gasteiger partial charge in [-0.05, 0) is 42.7 Å². The number of halogens is 1. The molecule has 1 aliphatic heterocycles. The minimum Gasteiger partial charge on any atom is -0.336 e. The van der Waals surface area contributed by atoms with Crippen molar-refractivity contribution in [2.24, 2.45) is 0 Å². The molecule has 1 saturated heterocycles. The number of sulfonamides is 1. The van der Waals surface area contributed by atoms with Crippen molar-refractivity contribution < 1.29 is 17.6 Å². The lowest BCUT2D eigenvalue weighted by Gasteiger charge is -2.34. The van der Waals surface area contributed by atoms with Crippen LogP contribution in [0.15, 0.2) is 54.6 Å². The van der Waals surface area contributed by atoms with E-state index in [-0.39, 0.29) is 11.7 Å². The predicted octanol–water partition coefficient (Wildman–Crippen LogP) is 2.55. The highest BCUT2D eigenvalue weighted by Crippen LogP contribution is 2.14. The van der Waals surface area contributed by atoms with Crippen LogP contribution in [0.5, 0.6) is 0 Å². The van der Waals surface area contributed by atoms with Crippen LogP contribution in [0.25, 0.3) is 0 Å². The summed E-state index contributed by atoms with van der Waals surface area (Å²) in [7, 11) is -3.33. The van der Waals surface area contributed by atoms with Gasteiger partial charge in [0.1, 0.15) is 5.82 Å². The summed E-state index contributed by atoms with van der Waals surface area (Å²) in [6.07, 6.45) is 1.30. The molecule has 144 valence electrons. The standard InChI is InChI=1S/C20H23FN2O3S/c21-19-10-8-18(9-11-19)20(24)22-12-14-23(15-13-22)27(25,26)16-4-7-17-5-2-1-3-6-17/h1-3,5-6,8-11H,4,7,12-16H2. The van der Waals surface area contributed by atoms with Gasteiger partial charge in [0.25, 0.3) is 5.91 Å². The van der Waals surface area contributed by atoms with Crippen LogP contribution >= 0.6 is 0 Å². The van der Waals surface area contributed by atoms with E-state index in [0.29, 0.717) is 38.2 Å². The van der Waals surface area contributed by atoms with E-state index in [2.05, 4.69) is 0 Å². The highest BCUT2D eigenvalue weighted by Gasteiger charge is 2.28. The molecular weight excluding hydrogens is 367 g/mol. The molecule has 0 aromatic heterocycles. The lowest BCUT2D eigenvalue weighted by atomic mass is 10.1. The monoisotopic (exact) mass is 390 g/mol. The third-order valence-electron chi connectivity index (χ3n) is 4.72. The van der Waals surface area contributed by atoms with Gasteiger partial charge in [0.2, 0.25) is 10.0 Å².